The van der Waals surface area contributed by atoms with Crippen molar-refractivity contribution in [2.75, 3.05) is 0 Å². The first-order valence-corrected chi connectivity index (χ1v) is 10.3. The van der Waals surface area contributed by atoms with E-state index in [0.717, 1.165) is 22.2 Å². The summed E-state index contributed by atoms with van der Waals surface area (Å²) < 4.78 is 40.6. The van der Waals surface area contributed by atoms with Crippen molar-refractivity contribution in [1.29, 1.82) is 0 Å². The summed E-state index contributed by atoms with van der Waals surface area (Å²) in [6.45, 7) is -1.14. The Bertz CT molecular complexity index is 1680. The maximum Gasteiger partial charge on any atom is 0.408 e. The van der Waals surface area contributed by atoms with E-state index in [2.05, 4.69) is 30.2 Å². The number of aromatic nitrogens is 8. The van der Waals surface area contributed by atoms with Crippen LogP contribution in [0.3, 0.4) is 0 Å². The smallest absolute Gasteiger partial charge is 0.313 e. The molecule has 34 heavy (non-hydrogen) atoms. The van der Waals surface area contributed by atoms with Crippen molar-refractivity contribution in [1.82, 2.24) is 39.6 Å². The predicted octanol–water partition coefficient (Wildman–Crippen LogP) is 2.35. The predicted molar refractivity (Wildman–Crippen MR) is 113 cm³/mol. The second-order valence-corrected chi connectivity index (χ2v) is 8.23. The maximum absolute atomic E-state index is 12.8. The molecule has 13 heteroatoms. The first-order chi connectivity index (χ1) is 16.3. The van der Waals surface area contributed by atoms with Crippen molar-refractivity contribution in [2.24, 2.45) is 0 Å². The third-order valence-electron chi connectivity index (χ3n) is 5.99. The molecule has 4 aromatic heterocycles. The van der Waals surface area contributed by atoms with Crippen LogP contribution in [0.5, 0.6) is 0 Å². The summed E-state index contributed by atoms with van der Waals surface area (Å²) in [5, 5.41) is 13.0. The number of aromatic amines is 2. The van der Waals surface area contributed by atoms with E-state index in [1.807, 2.05) is 12.1 Å². The minimum atomic E-state index is -4.35. The number of nitrogens with zero attached hydrogens (tertiary/aromatic N) is 6. The molecule has 5 aromatic rings. The molecule has 4 heterocycles. The lowest BCUT2D eigenvalue weighted by molar-refractivity contribution is -0.141. The highest BCUT2D eigenvalue weighted by Gasteiger charge is 2.42. The van der Waals surface area contributed by atoms with E-state index in [9.17, 15) is 22.8 Å². The molecule has 0 spiro atoms. The minimum absolute atomic E-state index is 0.0537. The molecule has 6 rings (SSSR count). The van der Waals surface area contributed by atoms with Crippen molar-refractivity contribution in [3.8, 4) is 11.3 Å². The molecule has 1 saturated carbocycles. The van der Waals surface area contributed by atoms with Gasteiger partial charge in [0, 0.05) is 17.1 Å². The van der Waals surface area contributed by atoms with E-state index in [4.69, 9.17) is 0 Å². The van der Waals surface area contributed by atoms with Crippen LogP contribution in [-0.2, 0) is 6.54 Å². The van der Waals surface area contributed by atoms with Gasteiger partial charge in [0.2, 0.25) is 0 Å². The van der Waals surface area contributed by atoms with Gasteiger partial charge in [-0.1, -0.05) is 6.07 Å². The molecule has 2 N–H and O–H groups in total. The Morgan fingerprint density at radius 3 is 2.76 bits per heavy atom. The summed E-state index contributed by atoms with van der Waals surface area (Å²) in [5.41, 5.74) is 2.11. The van der Waals surface area contributed by atoms with Gasteiger partial charge in [0.15, 0.2) is 5.65 Å². The number of fused-ring (bicyclic) bond motifs is 2. The molecular weight excluding hydrogens is 453 g/mol. The first kappa shape index (κ1) is 20.3. The fraction of sp³-hybridized carbons (Fsp3) is 0.238. The van der Waals surface area contributed by atoms with Gasteiger partial charge in [-0.3, -0.25) is 14.5 Å². The van der Waals surface area contributed by atoms with Gasteiger partial charge in [0.05, 0.1) is 17.3 Å². The molecule has 0 saturated heterocycles. The average Bonchev–Trinajstić information content (AvgIpc) is 3.26. The number of nitrogens with one attached hydrogen (secondary N) is 2. The minimum Gasteiger partial charge on any atom is -0.313 e. The molecule has 0 radical (unpaired) electrons. The van der Waals surface area contributed by atoms with Gasteiger partial charge in [-0.25, -0.2) is 9.78 Å². The molecule has 0 amide bonds. The van der Waals surface area contributed by atoms with Gasteiger partial charge in [0.25, 0.3) is 5.56 Å². The lowest BCUT2D eigenvalue weighted by atomic mass is 10.0. The number of H-pyrrole nitrogens is 2. The number of benzene rings is 1. The maximum atomic E-state index is 12.8. The van der Waals surface area contributed by atoms with Gasteiger partial charge in [-0.15, -0.1) is 14.8 Å². The highest BCUT2D eigenvalue weighted by Crippen LogP contribution is 2.55. The van der Waals surface area contributed by atoms with Crippen LogP contribution in [0.25, 0.3) is 27.8 Å². The molecule has 2 atom stereocenters. The third-order valence-corrected chi connectivity index (χ3v) is 5.99. The van der Waals surface area contributed by atoms with Gasteiger partial charge < -0.3 is 4.98 Å². The van der Waals surface area contributed by atoms with Crippen LogP contribution in [0.4, 0.5) is 13.2 Å². The summed E-state index contributed by atoms with van der Waals surface area (Å²) in [5.74, 6) is 0.165. The molecule has 1 fully saturated rings. The Labute approximate surface area is 187 Å². The summed E-state index contributed by atoms with van der Waals surface area (Å²) in [7, 11) is 0. The van der Waals surface area contributed by atoms with Crippen LogP contribution in [0.2, 0.25) is 0 Å². The van der Waals surface area contributed by atoms with E-state index in [1.54, 1.807) is 12.1 Å². The Hall–Kier alpha value is -4.29. The number of alkyl halides is 3. The van der Waals surface area contributed by atoms with Crippen molar-refractivity contribution >= 4 is 16.6 Å². The van der Waals surface area contributed by atoms with E-state index < -0.39 is 24.0 Å². The summed E-state index contributed by atoms with van der Waals surface area (Å²) >= 11 is 0. The molecule has 1 aliphatic carbocycles. The van der Waals surface area contributed by atoms with Crippen molar-refractivity contribution in [3.05, 3.63) is 75.0 Å². The molecule has 0 aliphatic heterocycles. The van der Waals surface area contributed by atoms with Crippen LogP contribution >= 0.6 is 0 Å². The van der Waals surface area contributed by atoms with E-state index >= 15 is 0 Å². The quantitative estimate of drug-likeness (QED) is 0.417. The molecule has 0 unspecified atom stereocenters. The van der Waals surface area contributed by atoms with Crippen molar-refractivity contribution < 1.29 is 13.2 Å². The molecule has 1 aromatic carbocycles. The zero-order valence-corrected chi connectivity index (χ0v) is 17.2. The normalized spacial score (nSPS) is 18.1. The first-order valence-electron chi connectivity index (χ1n) is 10.3. The third kappa shape index (κ3) is 3.45. The molecule has 1 aliphatic rings. The van der Waals surface area contributed by atoms with Crippen LogP contribution in [0.1, 0.15) is 29.4 Å². The molecule has 10 nitrogen and oxygen atoms in total. The summed E-state index contributed by atoms with van der Waals surface area (Å²) in [6, 6.07) is 7.09. The second-order valence-electron chi connectivity index (χ2n) is 8.23. The Morgan fingerprint density at radius 1 is 1.12 bits per heavy atom. The molecular formula is C21H15F3N8O2. The Balaban J connectivity index is 1.36. The largest absolute Gasteiger partial charge is 0.408 e. The zero-order valence-electron chi connectivity index (χ0n) is 17.2. The van der Waals surface area contributed by atoms with Gasteiger partial charge in [-0.05, 0) is 42.0 Å². The van der Waals surface area contributed by atoms with E-state index in [0.29, 0.717) is 22.2 Å². The average molecular weight is 468 g/mol. The molecule has 172 valence electrons. The fourth-order valence-electron chi connectivity index (χ4n) is 4.39. The van der Waals surface area contributed by atoms with Crippen LogP contribution in [0, 0.1) is 0 Å². The number of rotatable bonds is 4. The number of hydrogen-bond donors (Lipinski definition) is 2. The fourth-order valence-corrected chi connectivity index (χ4v) is 4.39. The van der Waals surface area contributed by atoms with Crippen LogP contribution in [0.15, 0.2) is 52.6 Å². The van der Waals surface area contributed by atoms with Crippen LogP contribution < -0.4 is 11.2 Å². The van der Waals surface area contributed by atoms with E-state index in [1.165, 1.54) is 23.4 Å². The summed E-state index contributed by atoms with van der Waals surface area (Å²) in [6.07, 6.45) is 0.537. The number of halogens is 3. The van der Waals surface area contributed by atoms with Gasteiger partial charge in [-0.2, -0.15) is 18.3 Å². The van der Waals surface area contributed by atoms with Crippen molar-refractivity contribution in [3.63, 3.8) is 0 Å². The Morgan fingerprint density at radius 2 is 1.97 bits per heavy atom. The summed E-state index contributed by atoms with van der Waals surface area (Å²) in [4.78, 5) is 32.6. The van der Waals surface area contributed by atoms with Gasteiger partial charge in [0.1, 0.15) is 18.6 Å². The van der Waals surface area contributed by atoms with Gasteiger partial charge >= 0.3 is 11.9 Å². The lowest BCUT2D eigenvalue weighted by Crippen LogP contribution is -2.23. The molecule has 0 bridgehead atoms. The Kier molecular flexibility index (Phi) is 4.25. The lowest BCUT2D eigenvalue weighted by Gasteiger charge is -2.08. The highest BCUT2D eigenvalue weighted by molar-refractivity contribution is 5.80. The van der Waals surface area contributed by atoms with Crippen LogP contribution in [-0.4, -0.2) is 45.7 Å². The second kappa shape index (κ2) is 7.10. The highest BCUT2D eigenvalue weighted by atomic mass is 19.4. The topological polar surface area (TPSA) is 127 Å². The zero-order chi connectivity index (χ0) is 23.6. The van der Waals surface area contributed by atoms with E-state index in [-0.39, 0.29) is 17.4 Å². The number of hydrogen-bond acceptors (Lipinski definition) is 6. The monoisotopic (exact) mass is 468 g/mol. The standard InChI is InChI=1S/C21H15F3N8O2/c22-21(23,24)8-31-17-2-1-10(3-11(17)6-27-31)12-4-13(12)14-5-16(30-32-18(14)26-9-28-32)15-7-25-20(34)29-19(15)33/h1-3,5-7,9,12-13H,4,8H2,(H2,25,29,33,34)/t12-,13+/m1/s1. The SMILES string of the molecule is O=c1[nH]cc(-c2cc([C@H]3C[C@@H]3c3ccc4c(cnn4CC(F)(F)F)c3)c3ncnn3n2)c(=O)[nH]1. The van der Waals surface area contributed by atoms with Crippen molar-refractivity contribution in [2.45, 2.75) is 31.0 Å².